The standard InChI is InChI=1S/C14H19N3O3/c1-5-19-12-7-6-11(20-12)14(18)15-8(2)13-9(3)16-17-10(13)4/h6-8H,5H2,1-4H3,(H,15,18)(H,16,17)/t8-/m0/s1. The Labute approximate surface area is 117 Å². The Morgan fingerprint density at radius 2 is 2.25 bits per heavy atom. The molecule has 108 valence electrons. The number of aromatic amines is 1. The van der Waals surface area contributed by atoms with E-state index >= 15 is 0 Å². The first kappa shape index (κ1) is 14.2. The van der Waals surface area contributed by atoms with Crippen molar-refractivity contribution in [2.45, 2.75) is 33.7 Å². The van der Waals surface area contributed by atoms with Crippen molar-refractivity contribution in [3.63, 3.8) is 0 Å². The van der Waals surface area contributed by atoms with Crippen LogP contribution in [-0.4, -0.2) is 22.7 Å². The van der Waals surface area contributed by atoms with Crippen molar-refractivity contribution in [3.8, 4) is 5.95 Å². The summed E-state index contributed by atoms with van der Waals surface area (Å²) in [5.74, 6) is 0.309. The predicted octanol–water partition coefficient (Wildman–Crippen LogP) is 2.51. The minimum absolute atomic E-state index is 0.151. The molecule has 2 heterocycles. The average Bonchev–Trinajstić information content (AvgIpc) is 2.97. The number of hydrogen-bond acceptors (Lipinski definition) is 4. The smallest absolute Gasteiger partial charge is 0.287 e. The van der Waals surface area contributed by atoms with Gasteiger partial charge in [-0.05, 0) is 33.8 Å². The van der Waals surface area contributed by atoms with Crippen LogP contribution in [0.3, 0.4) is 0 Å². The maximum absolute atomic E-state index is 12.1. The molecule has 0 aromatic carbocycles. The summed E-state index contributed by atoms with van der Waals surface area (Å²) in [4.78, 5) is 12.1. The summed E-state index contributed by atoms with van der Waals surface area (Å²) in [6.07, 6.45) is 0. The van der Waals surface area contributed by atoms with Crippen molar-refractivity contribution in [1.82, 2.24) is 15.5 Å². The number of rotatable bonds is 5. The van der Waals surface area contributed by atoms with Crippen LogP contribution in [0, 0.1) is 13.8 Å². The van der Waals surface area contributed by atoms with Gasteiger partial charge >= 0.3 is 0 Å². The molecule has 0 saturated heterocycles. The second kappa shape index (κ2) is 5.81. The number of nitrogens with one attached hydrogen (secondary N) is 2. The molecule has 0 aliphatic carbocycles. The highest BCUT2D eigenvalue weighted by molar-refractivity contribution is 5.91. The van der Waals surface area contributed by atoms with E-state index in [1.165, 1.54) is 0 Å². The van der Waals surface area contributed by atoms with Crippen LogP contribution >= 0.6 is 0 Å². The van der Waals surface area contributed by atoms with Gasteiger partial charge in [0.15, 0.2) is 5.76 Å². The summed E-state index contributed by atoms with van der Waals surface area (Å²) in [7, 11) is 0. The van der Waals surface area contributed by atoms with E-state index in [-0.39, 0.29) is 17.7 Å². The quantitative estimate of drug-likeness (QED) is 0.880. The topological polar surface area (TPSA) is 80.1 Å². The first-order valence-electron chi connectivity index (χ1n) is 6.57. The van der Waals surface area contributed by atoms with Crippen LogP contribution in [0.1, 0.15) is 47.4 Å². The number of ether oxygens (including phenoxy) is 1. The Balaban J connectivity index is 2.07. The molecule has 0 bridgehead atoms. The summed E-state index contributed by atoms with van der Waals surface area (Å²) < 4.78 is 10.5. The van der Waals surface area contributed by atoms with Gasteiger partial charge in [-0.1, -0.05) is 0 Å². The molecule has 2 N–H and O–H groups in total. The predicted molar refractivity (Wildman–Crippen MR) is 73.8 cm³/mol. The van der Waals surface area contributed by atoms with Crippen LogP contribution in [0.2, 0.25) is 0 Å². The fraction of sp³-hybridized carbons (Fsp3) is 0.429. The summed E-state index contributed by atoms with van der Waals surface area (Å²) in [5.41, 5.74) is 2.82. The molecular weight excluding hydrogens is 258 g/mol. The average molecular weight is 277 g/mol. The van der Waals surface area contributed by atoms with Gasteiger partial charge < -0.3 is 14.5 Å². The normalized spacial score (nSPS) is 12.2. The van der Waals surface area contributed by atoms with Crippen molar-refractivity contribution >= 4 is 5.91 Å². The second-order valence-corrected chi connectivity index (χ2v) is 4.59. The molecule has 0 spiro atoms. The zero-order chi connectivity index (χ0) is 14.7. The van der Waals surface area contributed by atoms with Gasteiger partial charge in [-0.3, -0.25) is 9.89 Å². The van der Waals surface area contributed by atoms with Gasteiger partial charge in [0, 0.05) is 17.3 Å². The number of carbonyl (C=O) groups is 1. The van der Waals surface area contributed by atoms with Crippen LogP contribution in [-0.2, 0) is 0 Å². The molecule has 0 unspecified atom stereocenters. The third kappa shape index (κ3) is 2.84. The molecule has 6 heteroatoms. The molecule has 0 radical (unpaired) electrons. The number of aromatic nitrogens is 2. The van der Waals surface area contributed by atoms with Gasteiger partial charge in [-0.2, -0.15) is 5.10 Å². The van der Waals surface area contributed by atoms with Crippen LogP contribution in [0.15, 0.2) is 16.5 Å². The van der Waals surface area contributed by atoms with Gasteiger partial charge in [0.2, 0.25) is 0 Å². The number of aryl methyl sites for hydroxylation is 2. The molecule has 2 aromatic rings. The van der Waals surface area contributed by atoms with E-state index in [1.54, 1.807) is 12.1 Å². The van der Waals surface area contributed by atoms with Crippen LogP contribution in [0.5, 0.6) is 5.95 Å². The number of carbonyl (C=O) groups excluding carboxylic acids is 1. The first-order chi connectivity index (χ1) is 9.52. The van der Waals surface area contributed by atoms with Gasteiger partial charge in [-0.25, -0.2) is 0 Å². The fourth-order valence-corrected chi connectivity index (χ4v) is 2.20. The van der Waals surface area contributed by atoms with Gasteiger partial charge in [0.05, 0.1) is 18.3 Å². The van der Waals surface area contributed by atoms with Crippen LogP contribution < -0.4 is 10.1 Å². The van der Waals surface area contributed by atoms with Crippen molar-refractivity contribution in [2.75, 3.05) is 6.61 Å². The van der Waals surface area contributed by atoms with Crippen LogP contribution in [0.4, 0.5) is 0 Å². The van der Waals surface area contributed by atoms with Crippen molar-refractivity contribution in [1.29, 1.82) is 0 Å². The maximum Gasteiger partial charge on any atom is 0.287 e. The Morgan fingerprint density at radius 3 is 2.85 bits per heavy atom. The number of H-pyrrole nitrogens is 1. The Morgan fingerprint density at radius 1 is 1.50 bits per heavy atom. The SMILES string of the molecule is CCOc1ccc(C(=O)N[C@@H](C)c2c(C)n[nH]c2C)o1. The molecular formula is C14H19N3O3. The molecule has 0 aliphatic rings. The second-order valence-electron chi connectivity index (χ2n) is 4.59. The van der Waals surface area contributed by atoms with E-state index in [2.05, 4.69) is 15.5 Å². The Kier molecular flexibility index (Phi) is 4.12. The molecule has 20 heavy (non-hydrogen) atoms. The number of furan rings is 1. The molecule has 1 atom stereocenters. The highest BCUT2D eigenvalue weighted by atomic mass is 16.6. The van der Waals surface area contributed by atoms with Gasteiger partial charge in [0.1, 0.15) is 0 Å². The van der Waals surface area contributed by atoms with E-state index in [0.717, 1.165) is 17.0 Å². The minimum atomic E-state index is -0.275. The zero-order valence-corrected chi connectivity index (χ0v) is 12.1. The zero-order valence-electron chi connectivity index (χ0n) is 12.1. The summed E-state index contributed by atoms with van der Waals surface area (Å²) in [6, 6.07) is 3.08. The molecule has 6 nitrogen and oxygen atoms in total. The number of hydrogen-bond donors (Lipinski definition) is 2. The fourth-order valence-electron chi connectivity index (χ4n) is 2.20. The van der Waals surface area contributed by atoms with E-state index in [1.807, 2.05) is 27.7 Å². The van der Waals surface area contributed by atoms with E-state index in [9.17, 15) is 4.79 Å². The molecule has 2 rings (SSSR count). The Hall–Kier alpha value is -2.24. The monoisotopic (exact) mass is 277 g/mol. The Bertz CT molecular complexity index is 581. The largest absolute Gasteiger partial charge is 0.465 e. The summed E-state index contributed by atoms with van der Waals surface area (Å²) >= 11 is 0. The van der Waals surface area contributed by atoms with E-state index < -0.39 is 0 Å². The maximum atomic E-state index is 12.1. The van der Waals surface area contributed by atoms with Gasteiger partial charge in [0.25, 0.3) is 11.9 Å². The molecule has 0 aliphatic heterocycles. The van der Waals surface area contributed by atoms with E-state index in [0.29, 0.717) is 12.6 Å². The van der Waals surface area contributed by atoms with Crippen molar-refractivity contribution < 1.29 is 13.9 Å². The van der Waals surface area contributed by atoms with Crippen LogP contribution in [0.25, 0.3) is 0 Å². The van der Waals surface area contributed by atoms with E-state index in [4.69, 9.17) is 9.15 Å². The summed E-state index contributed by atoms with van der Waals surface area (Å²) in [5, 5.41) is 9.92. The molecule has 0 saturated carbocycles. The summed E-state index contributed by atoms with van der Waals surface area (Å²) in [6.45, 7) is 8.10. The lowest BCUT2D eigenvalue weighted by molar-refractivity contribution is 0.0903. The highest BCUT2D eigenvalue weighted by Gasteiger charge is 2.19. The lowest BCUT2D eigenvalue weighted by Crippen LogP contribution is -2.26. The third-order valence-electron chi connectivity index (χ3n) is 3.06. The third-order valence-corrected chi connectivity index (χ3v) is 3.06. The highest BCUT2D eigenvalue weighted by Crippen LogP contribution is 2.21. The molecule has 1 amide bonds. The first-order valence-corrected chi connectivity index (χ1v) is 6.57. The lowest BCUT2D eigenvalue weighted by atomic mass is 10.1. The molecule has 0 fully saturated rings. The number of amides is 1. The van der Waals surface area contributed by atoms with Crippen molar-refractivity contribution in [2.24, 2.45) is 0 Å². The van der Waals surface area contributed by atoms with Gasteiger partial charge in [-0.15, -0.1) is 0 Å². The molecule has 2 aromatic heterocycles. The van der Waals surface area contributed by atoms with Crippen molar-refractivity contribution in [3.05, 3.63) is 34.8 Å². The minimum Gasteiger partial charge on any atom is -0.465 e. The lowest BCUT2D eigenvalue weighted by Gasteiger charge is -2.13. The number of nitrogens with zero attached hydrogens (tertiary/aromatic N) is 1.